The lowest BCUT2D eigenvalue weighted by Crippen LogP contribution is -2.50. The van der Waals surface area contributed by atoms with Gasteiger partial charge in [0.1, 0.15) is 5.75 Å². The number of ether oxygens (including phenoxy) is 1. The van der Waals surface area contributed by atoms with Gasteiger partial charge in [0.05, 0.1) is 0 Å². The van der Waals surface area contributed by atoms with E-state index in [-0.39, 0.29) is 30.5 Å². The van der Waals surface area contributed by atoms with Crippen molar-refractivity contribution >= 4 is 29.9 Å². The first-order valence-corrected chi connectivity index (χ1v) is 7.22. The summed E-state index contributed by atoms with van der Waals surface area (Å²) in [5, 5.41) is 3.49. The third kappa shape index (κ3) is 6.55. The van der Waals surface area contributed by atoms with Crippen molar-refractivity contribution in [3.05, 3.63) is 28.8 Å². The second-order valence-electron chi connectivity index (χ2n) is 5.05. The molecule has 1 amide bonds. The highest BCUT2D eigenvalue weighted by molar-refractivity contribution is 6.31. The fraction of sp³-hybridized carbons (Fsp3) is 0.533. The summed E-state index contributed by atoms with van der Waals surface area (Å²) in [6, 6.07) is 5.30. The van der Waals surface area contributed by atoms with Crippen LogP contribution < -0.4 is 15.8 Å². The number of benzene rings is 1. The highest BCUT2D eigenvalue weighted by atomic mass is 35.5. The van der Waals surface area contributed by atoms with Crippen LogP contribution in [0.3, 0.4) is 0 Å². The minimum absolute atomic E-state index is 0. The van der Waals surface area contributed by atoms with Gasteiger partial charge in [-0.1, -0.05) is 25.4 Å². The van der Waals surface area contributed by atoms with Gasteiger partial charge in [-0.25, -0.2) is 0 Å². The van der Waals surface area contributed by atoms with Gasteiger partial charge in [0.25, 0.3) is 5.91 Å². The number of halogens is 2. The fourth-order valence-corrected chi connectivity index (χ4v) is 1.80. The van der Waals surface area contributed by atoms with Gasteiger partial charge in [0.2, 0.25) is 0 Å². The molecule has 6 heteroatoms. The second kappa shape index (κ2) is 9.13. The van der Waals surface area contributed by atoms with E-state index in [0.717, 1.165) is 18.4 Å². The first-order chi connectivity index (χ1) is 9.40. The molecule has 0 aliphatic rings. The Labute approximate surface area is 137 Å². The van der Waals surface area contributed by atoms with Crippen LogP contribution in [0.4, 0.5) is 0 Å². The highest BCUT2D eigenvalue weighted by Gasteiger charge is 2.20. The second-order valence-corrected chi connectivity index (χ2v) is 5.45. The molecule has 0 unspecified atom stereocenters. The van der Waals surface area contributed by atoms with Gasteiger partial charge < -0.3 is 15.8 Å². The Morgan fingerprint density at radius 1 is 1.38 bits per heavy atom. The van der Waals surface area contributed by atoms with E-state index in [1.807, 2.05) is 20.8 Å². The molecule has 0 atom stereocenters. The van der Waals surface area contributed by atoms with Crippen LogP contribution in [0, 0.1) is 6.92 Å². The zero-order valence-electron chi connectivity index (χ0n) is 12.7. The number of carbonyl (C=O) groups excluding carboxylic acids is 1. The van der Waals surface area contributed by atoms with E-state index in [1.54, 1.807) is 18.2 Å². The SMILES string of the molecule is CCC(N)(CC)CNC(=O)COc1ccc(Cl)c(C)c1.Cl. The van der Waals surface area contributed by atoms with Crippen LogP contribution >= 0.6 is 24.0 Å². The summed E-state index contributed by atoms with van der Waals surface area (Å²) in [6.45, 7) is 6.36. The molecule has 1 aromatic rings. The molecule has 0 aliphatic heterocycles. The number of rotatable bonds is 7. The van der Waals surface area contributed by atoms with Crippen molar-refractivity contribution in [2.45, 2.75) is 39.2 Å². The lowest BCUT2D eigenvalue weighted by molar-refractivity contribution is -0.123. The highest BCUT2D eigenvalue weighted by Crippen LogP contribution is 2.20. The van der Waals surface area contributed by atoms with Crippen molar-refractivity contribution in [1.29, 1.82) is 0 Å². The Morgan fingerprint density at radius 2 is 2.00 bits per heavy atom. The number of aryl methyl sites for hydroxylation is 1. The van der Waals surface area contributed by atoms with E-state index in [9.17, 15) is 4.79 Å². The quantitative estimate of drug-likeness (QED) is 0.805. The largest absolute Gasteiger partial charge is 0.484 e. The third-order valence-corrected chi connectivity index (χ3v) is 3.97. The Bertz CT molecular complexity index is 463. The minimum atomic E-state index is -0.341. The maximum absolute atomic E-state index is 11.7. The summed E-state index contributed by atoms with van der Waals surface area (Å²) in [6.07, 6.45) is 1.64. The monoisotopic (exact) mass is 334 g/mol. The molecular weight excluding hydrogens is 311 g/mol. The van der Waals surface area contributed by atoms with Crippen LogP contribution in [-0.4, -0.2) is 24.6 Å². The molecule has 1 rings (SSSR count). The molecule has 21 heavy (non-hydrogen) atoms. The van der Waals surface area contributed by atoms with Crippen molar-refractivity contribution in [2.24, 2.45) is 5.73 Å². The summed E-state index contributed by atoms with van der Waals surface area (Å²) >= 11 is 5.93. The number of hydrogen-bond acceptors (Lipinski definition) is 3. The van der Waals surface area contributed by atoms with Gasteiger partial charge in [0.15, 0.2) is 6.61 Å². The molecule has 120 valence electrons. The molecule has 0 radical (unpaired) electrons. The lowest BCUT2D eigenvalue weighted by Gasteiger charge is -2.26. The third-order valence-electron chi connectivity index (χ3n) is 3.55. The van der Waals surface area contributed by atoms with Crippen molar-refractivity contribution < 1.29 is 9.53 Å². The number of nitrogens with two attached hydrogens (primary N) is 1. The predicted octanol–water partition coefficient (Wildman–Crippen LogP) is 3.08. The standard InChI is InChI=1S/C15H23ClN2O2.ClH/c1-4-15(17,5-2)10-18-14(19)9-20-12-6-7-13(16)11(3)8-12;/h6-8H,4-5,9-10,17H2,1-3H3,(H,18,19);1H. The molecule has 0 fully saturated rings. The molecule has 4 nitrogen and oxygen atoms in total. The van der Waals surface area contributed by atoms with Crippen molar-refractivity contribution in [3.63, 3.8) is 0 Å². The molecule has 1 aromatic carbocycles. The van der Waals surface area contributed by atoms with Gasteiger partial charge in [-0.2, -0.15) is 0 Å². The summed E-state index contributed by atoms with van der Waals surface area (Å²) in [4.78, 5) is 11.7. The predicted molar refractivity (Wildman–Crippen MR) is 89.4 cm³/mol. The number of nitrogens with one attached hydrogen (secondary N) is 1. The molecule has 0 spiro atoms. The van der Waals surface area contributed by atoms with Crippen molar-refractivity contribution in [2.75, 3.05) is 13.2 Å². The fourth-order valence-electron chi connectivity index (χ4n) is 1.68. The van der Waals surface area contributed by atoms with E-state index in [0.29, 0.717) is 17.3 Å². The normalized spacial score (nSPS) is 10.7. The number of carbonyl (C=O) groups is 1. The van der Waals surface area contributed by atoms with Crippen LogP contribution in [0.2, 0.25) is 5.02 Å². The van der Waals surface area contributed by atoms with Crippen LogP contribution in [0.15, 0.2) is 18.2 Å². The van der Waals surface area contributed by atoms with Gasteiger partial charge in [0, 0.05) is 17.1 Å². The summed E-state index contributed by atoms with van der Waals surface area (Å²) in [5.41, 5.74) is 6.70. The van der Waals surface area contributed by atoms with E-state index < -0.39 is 0 Å². The Balaban J connectivity index is 0.00000400. The Morgan fingerprint density at radius 3 is 2.52 bits per heavy atom. The summed E-state index contributed by atoms with van der Waals surface area (Å²) in [5.74, 6) is 0.460. The van der Waals surface area contributed by atoms with Crippen LogP contribution in [-0.2, 0) is 4.79 Å². The van der Waals surface area contributed by atoms with Gasteiger partial charge in [-0.15, -0.1) is 12.4 Å². The van der Waals surface area contributed by atoms with Gasteiger partial charge in [-0.05, 0) is 43.5 Å². The molecule has 3 N–H and O–H groups in total. The van der Waals surface area contributed by atoms with Crippen LogP contribution in [0.25, 0.3) is 0 Å². The first kappa shape index (κ1) is 20.0. The van der Waals surface area contributed by atoms with E-state index in [1.165, 1.54) is 0 Å². The molecule has 0 bridgehead atoms. The molecule has 0 saturated carbocycles. The lowest BCUT2D eigenvalue weighted by atomic mass is 9.94. The summed E-state index contributed by atoms with van der Waals surface area (Å²) < 4.78 is 5.42. The van der Waals surface area contributed by atoms with Crippen LogP contribution in [0.5, 0.6) is 5.75 Å². The molecule has 0 aliphatic carbocycles. The molecule has 0 saturated heterocycles. The topological polar surface area (TPSA) is 64.3 Å². The zero-order chi connectivity index (χ0) is 15.2. The minimum Gasteiger partial charge on any atom is -0.484 e. The Kier molecular flexibility index (Phi) is 8.71. The zero-order valence-corrected chi connectivity index (χ0v) is 14.3. The number of hydrogen-bond donors (Lipinski definition) is 2. The molecule has 0 aromatic heterocycles. The first-order valence-electron chi connectivity index (χ1n) is 6.84. The van der Waals surface area contributed by atoms with E-state index >= 15 is 0 Å². The maximum atomic E-state index is 11.7. The van der Waals surface area contributed by atoms with Crippen molar-refractivity contribution in [1.82, 2.24) is 5.32 Å². The van der Waals surface area contributed by atoms with E-state index in [2.05, 4.69) is 5.32 Å². The number of amides is 1. The smallest absolute Gasteiger partial charge is 0.258 e. The molecular formula is C15H24Cl2N2O2. The van der Waals surface area contributed by atoms with Crippen molar-refractivity contribution in [3.8, 4) is 5.75 Å². The average Bonchev–Trinajstić information content (AvgIpc) is 2.46. The average molecular weight is 335 g/mol. The summed E-state index contributed by atoms with van der Waals surface area (Å²) in [7, 11) is 0. The van der Waals surface area contributed by atoms with Gasteiger partial charge in [-0.3, -0.25) is 4.79 Å². The maximum Gasteiger partial charge on any atom is 0.258 e. The molecule has 0 heterocycles. The Hall–Kier alpha value is -0.970. The van der Waals surface area contributed by atoms with Crippen LogP contribution in [0.1, 0.15) is 32.3 Å². The van der Waals surface area contributed by atoms with Gasteiger partial charge >= 0.3 is 0 Å². The van der Waals surface area contributed by atoms with E-state index in [4.69, 9.17) is 22.1 Å².